The molecule has 2 amide bonds. The molecule has 2 aliphatic heterocycles. The number of nitrogens with one attached hydrogen (secondary N) is 1. The van der Waals surface area contributed by atoms with Crippen LogP contribution in [0.1, 0.15) is 37.7 Å². The van der Waals surface area contributed by atoms with Crippen molar-refractivity contribution in [2.24, 2.45) is 0 Å². The van der Waals surface area contributed by atoms with Crippen molar-refractivity contribution < 1.29 is 23.6 Å². The number of rotatable bonds is 0. The maximum absolute atomic E-state index is 13.2. The second-order valence-corrected chi connectivity index (χ2v) is 11.8. The first-order chi connectivity index (χ1) is 19.0. The highest BCUT2D eigenvalue weighted by molar-refractivity contribution is 7.89. The lowest BCUT2D eigenvalue weighted by molar-refractivity contribution is 0.0237. The Balaban J connectivity index is 1.65. The number of para-hydroxylation sites is 2. The van der Waals surface area contributed by atoms with Crippen molar-refractivity contribution in [1.29, 1.82) is 0 Å². The number of fused-ring (bicyclic) bond motifs is 11. The van der Waals surface area contributed by atoms with Crippen molar-refractivity contribution >= 4 is 34.9 Å². The number of carbonyl (C=O) groups excluding carboxylic acids is 2. The number of anilines is 2. The quantitative estimate of drug-likeness (QED) is 0.386. The van der Waals surface area contributed by atoms with Gasteiger partial charge in [0.1, 0.15) is 11.4 Å². The largest absolute Gasteiger partial charge is 0.593 e. The van der Waals surface area contributed by atoms with Gasteiger partial charge in [0.2, 0.25) is 0 Å². The van der Waals surface area contributed by atoms with Gasteiger partial charge in [0.05, 0.1) is 42.1 Å². The van der Waals surface area contributed by atoms with E-state index in [-0.39, 0.29) is 18.1 Å². The summed E-state index contributed by atoms with van der Waals surface area (Å²) in [6.45, 7) is 6.74. The van der Waals surface area contributed by atoms with Crippen molar-refractivity contribution in [3.8, 4) is 17.0 Å². The lowest BCUT2D eigenvalue weighted by atomic mass is 10.1. The predicted molar refractivity (Wildman–Crippen MR) is 153 cm³/mol. The minimum atomic E-state index is -1.47. The van der Waals surface area contributed by atoms with Crippen molar-refractivity contribution in [2.45, 2.75) is 37.7 Å². The van der Waals surface area contributed by atoms with E-state index >= 15 is 0 Å². The molecule has 11 nitrogen and oxygen atoms in total. The zero-order valence-corrected chi connectivity index (χ0v) is 23.9. The van der Waals surface area contributed by atoms with Crippen LogP contribution in [-0.2, 0) is 16.1 Å². The van der Waals surface area contributed by atoms with Gasteiger partial charge in [-0.05, 0) is 63.6 Å². The molecule has 5 rings (SSSR count). The van der Waals surface area contributed by atoms with Crippen LogP contribution in [0.5, 0.6) is 5.75 Å². The summed E-state index contributed by atoms with van der Waals surface area (Å²) in [6, 6.07) is 14.0. The third kappa shape index (κ3) is 7.40. The first kappa shape index (κ1) is 29.1. The Kier molecular flexibility index (Phi) is 9.13. The number of nitrogen functional groups attached to an aromatic ring is 1. The number of aromatic nitrogens is 2. The van der Waals surface area contributed by atoms with Crippen molar-refractivity contribution in [3.05, 3.63) is 60.4 Å². The number of likely N-dealkylation sites (N-methyl/N-ethyl adjacent to an activating group) is 1. The van der Waals surface area contributed by atoms with Crippen LogP contribution in [-0.4, -0.2) is 74.6 Å². The molecule has 212 valence electrons. The third-order valence-corrected chi connectivity index (χ3v) is 7.38. The van der Waals surface area contributed by atoms with Crippen LogP contribution in [0.25, 0.3) is 11.3 Å². The SMILES string of the molecule is CN1CCN(C(=O)OC(C)(C)C)CCCOc2ccccc2NC(=O)c2nc(cnc2N)-c2ccc(cc2)[S+]1[O-]. The lowest BCUT2D eigenvalue weighted by Crippen LogP contribution is -2.42. The number of hydrogen-bond donors (Lipinski definition) is 2. The molecular weight excluding hydrogens is 532 g/mol. The zero-order chi connectivity index (χ0) is 28.9. The summed E-state index contributed by atoms with van der Waals surface area (Å²) in [5.74, 6) is -0.0846. The van der Waals surface area contributed by atoms with Gasteiger partial charge in [0.25, 0.3) is 5.91 Å². The van der Waals surface area contributed by atoms with E-state index in [1.165, 1.54) is 6.20 Å². The molecule has 0 saturated heterocycles. The molecule has 0 saturated carbocycles. The maximum atomic E-state index is 13.2. The summed E-state index contributed by atoms with van der Waals surface area (Å²) in [4.78, 5) is 36.9. The zero-order valence-electron chi connectivity index (χ0n) is 23.0. The molecule has 12 heteroatoms. The van der Waals surface area contributed by atoms with Crippen LogP contribution in [0.3, 0.4) is 0 Å². The number of ether oxygens (including phenoxy) is 2. The second kappa shape index (κ2) is 12.5. The summed E-state index contributed by atoms with van der Waals surface area (Å²) < 4.78 is 26.4. The molecule has 3 aromatic rings. The fraction of sp³-hybridized carbons (Fsp3) is 0.357. The van der Waals surface area contributed by atoms with E-state index in [9.17, 15) is 14.1 Å². The lowest BCUT2D eigenvalue weighted by Gasteiger charge is -2.29. The average Bonchev–Trinajstić information content (AvgIpc) is 2.91. The molecule has 40 heavy (non-hydrogen) atoms. The molecule has 1 aromatic heterocycles. The molecule has 3 N–H and O–H groups in total. The Morgan fingerprint density at radius 2 is 1.85 bits per heavy atom. The smallest absolute Gasteiger partial charge is 0.410 e. The molecule has 0 fully saturated rings. The summed E-state index contributed by atoms with van der Waals surface area (Å²) in [5, 5.41) is 2.81. The summed E-state index contributed by atoms with van der Waals surface area (Å²) >= 11 is -1.47. The second-order valence-electron chi connectivity index (χ2n) is 10.2. The standard InChI is InChI=1S/C28H34N6O5S/c1-28(2,3)39-27(36)34-14-7-17-38-23-9-6-5-8-21(23)32-26(35)24-25(29)30-18-22(31-24)19-10-12-20(13-11-19)40(37)33(4)15-16-34/h5-6,8-13,18H,7,14-17H2,1-4H3,(H2,29,30)(H,32,35). The van der Waals surface area contributed by atoms with Gasteiger partial charge in [-0.25, -0.2) is 14.8 Å². The molecule has 2 aliphatic rings. The van der Waals surface area contributed by atoms with Crippen molar-refractivity contribution in [1.82, 2.24) is 19.2 Å². The van der Waals surface area contributed by atoms with Crippen LogP contribution in [0.15, 0.2) is 59.6 Å². The number of carbonyl (C=O) groups is 2. The molecule has 1 unspecified atom stereocenters. The van der Waals surface area contributed by atoms with Gasteiger partial charge in [-0.15, -0.1) is 4.31 Å². The number of hydrogen-bond acceptors (Lipinski definition) is 9. The van der Waals surface area contributed by atoms with E-state index in [0.29, 0.717) is 53.6 Å². The number of nitrogens with two attached hydrogens (primary N) is 1. The summed E-state index contributed by atoms with van der Waals surface area (Å²) in [5.41, 5.74) is 6.89. The molecule has 0 radical (unpaired) electrons. The van der Waals surface area contributed by atoms with E-state index in [0.717, 1.165) is 0 Å². The fourth-order valence-electron chi connectivity index (χ4n) is 3.91. The first-order valence-electron chi connectivity index (χ1n) is 12.9. The van der Waals surface area contributed by atoms with E-state index in [4.69, 9.17) is 15.2 Å². The molecule has 4 bridgehead atoms. The van der Waals surface area contributed by atoms with Gasteiger partial charge in [0, 0.05) is 25.7 Å². The molecule has 0 aliphatic carbocycles. The fourth-order valence-corrected chi connectivity index (χ4v) is 4.88. The predicted octanol–water partition coefficient (Wildman–Crippen LogP) is 3.95. The van der Waals surface area contributed by atoms with Gasteiger partial charge in [-0.1, -0.05) is 12.1 Å². The maximum Gasteiger partial charge on any atom is 0.410 e. The van der Waals surface area contributed by atoms with E-state index < -0.39 is 29.0 Å². The number of nitrogens with zero attached hydrogens (tertiary/aromatic N) is 4. The molecule has 2 aromatic carbocycles. The topological polar surface area (TPSA) is 146 Å². The van der Waals surface area contributed by atoms with E-state index in [2.05, 4.69) is 15.3 Å². The third-order valence-electron chi connectivity index (χ3n) is 5.95. The summed E-state index contributed by atoms with van der Waals surface area (Å²) in [7, 11) is 1.74. The highest BCUT2D eigenvalue weighted by Gasteiger charge is 2.25. The Labute approximate surface area is 237 Å². The van der Waals surface area contributed by atoms with Gasteiger partial charge in [0.15, 0.2) is 16.4 Å². The van der Waals surface area contributed by atoms with Gasteiger partial charge in [-0.3, -0.25) is 4.79 Å². The molecular formula is C28H34N6O5S. The molecule has 3 heterocycles. The van der Waals surface area contributed by atoms with E-state index in [1.54, 1.807) is 64.8 Å². The van der Waals surface area contributed by atoms with Gasteiger partial charge >= 0.3 is 6.09 Å². The molecule has 1 atom stereocenters. The number of amides is 2. The Morgan fingerprint density at radius 3 is 2.58 bits per heavy atom. The van der Waals surface area contributed by atoms with Crippen LogP contribution in [0.2, 0.25) is 0 Å². The Morgan fingerprint density at radius 1 is 1.12 bits per heavy atom. The van der Waals surface area contributed by atoms with Gasteiger partial charge < -0.3 is 30.0 Å². The highest BCUT2D eigenvalue weighted by atomic mass is 32.2. The van der Waals surface area contributed by atoms with Crippen LogP contribution >= 0.6 is 0 Å². The minimum absolute atomic E-state index is 0.0108. The van der Waals surface area contributed by atoms with Gasteiger partial charge in [-0.2, -0.15) is 0 Å². The van der Waals surface area contributed by atoms with Crippen LogP contribution in [0, 0.1) is 0 Å². The normalized spacial score (nSPS) is 17.4. The Hall–Kier alpha value is -3.87. The van der Waals surface area contributed by atoms with Crippen molar-refractivity contribution in [3.63, 3.8) is 0 Å². The van der Waals surface area contributed by atoms with Crippen molar-refractivity contribution in [2.75, 3.05) is 44.3 Å². The first-order valence-corrected chi connectivity index (χ1v) is 14.0. The monoisotopic (exact) mass is 566 g/mol. The highest BCUT2D eigenvalue weighted by Crippen LogP contribution is 2.26. The molecule has 0 spiro atoms. The van der Waals surface area contributed by atoms with E-state index in [1.807, 2.05) is 20.8 Å². The summed E-state index contributed by atoms with van der Waals surface area (Å²) in [6.07, 6.45) is 1.53. The Bertz CT molecular complexity index is 1350. The minimum Gasteiger partial charge on any atom is -0.593 e. The van der Waals surface area contributed by atoms with Crippen LogP contribution in [0.4, 0.5) is 16.3 Å². The number of benzene rings is 2. The average molecular weight is 567 g/mol. The van der Waals surface area contributed by atoms with Crippen LogP contribution < -0.4 is 15.8 Å².